The van der Waals surface area contributed by atoms with Gasteiger partial charge in [0.15, 0.2) is 5.13 Å². The number of hydrogen-bond acceptors (Lipinski definition) is 6. The Kier molecular flexibility index (Phi) is 5.13. The van der Waals surface area contributed by atoms with Gasteiger partial charge in [-0.3, -0.25) is 9.59 Å². The molecule has 0 aliphatic heterocycles. The van der Waals surface area contributed by atoms with Crippen LogP contribution in [0.2, 0.25) is 0 Å². The number of benzene rings is 1. The quantitative estimate of drug-likeness (QED) is 0.639. The van der Waals surface area contributed by atoms with Crippen LogP contribution >= 0.6 is 11.3 Å². The summed E-state index contributed by atoms with van der Waals surface area (Å²) in [5.41, 5.74) is 7.89. The number of nitrogens with two attached hydrogens (primary N) is 1. The van der Waals surface area contributed by atoms with Crippen molar-refractivity contribution in [3.8, 4) is 0 Å². The summed E-state index contributed by atoms with van der Waals surface area (Å²) in [5, 5.41) is 6.08. The van der Waals surface area contributed by atoms with Crippen molar-refractivity contribution in [1.29, 1.82) is 0 Å². The zero-order chi connectivity index (χ0) is 18.7. The van der Waals surface area contributed by atoms with Crippen molar-refractivity contribution in [3.05, 3.63) is 53.3 Å². The third kappa shape index (κ3) is 4.15. The zero-order valence-electron chi connectivity index (χ0n) is 14.4. The molecule has 4 N–H and O–H groups in total. The molecule has 1 aromatic carbocycles. The molecule has 0 bridgehead atoms. The highest BCUT2D eigenvalue weighted by Crippen LogP contribution is 2.24. The molecular weight excluding hydrogens is 350 g/mol. The lowest BCUT2D eigenvalue weighted by Crippen LogP contribution is -2.31. The number of pyridine rings is 1. The molecule has 0 atom stereocenters. The van der Waals surface area contributed by atoms with Gasteiger partial charge in [0.2, 0.25) is 0 Å². The Labute approximate surface area is 154 Å². The summed E-state index contributed by atoms with van der Waals surface area (Å²) in [6.45, 7) is 4.07. The highest BCUT2D eigenvalue weighted by atomic mass is 32.1. The predicted octanol–water partition coefficient (Wildman–Crippen LogP) is 2.34. The van der Waals surface area contributed by atoms with E-state index in [4.69, 9.17) is 5.73 Å². The molecule has 2 amide bonds. The Morgan fingerprint density at radius 3 is 2.58 bits per heavy atom. The molecule has 0 spiro atoms. The first-order chi connectivity index (χ1) is 12.4. The summed E-state index contributed by atoms with van der Waals surface area (Å²) in [5.74, 6) is -0.643. The third-order valence-electron chi connectivity index (χ3n) is 3.56. The largest absolute Gasteiger partial charge is 0.375 e. The Morgan fingerprint density at radius 2 is 1.85 bits per heavy atom. The molecule has 0 aliphatic rings. The first-order valence-corrected chi connectivity index (χ1v) is 8.95. The molecule has 8 heteroatoms. The van der Waals surface area contributed by atoms with Crippen LogP contribution in [0, 0.1) is 0 Å². The van der Waals surface area contributed by atoms with Gasteiger partial charge in [-0.05, 0) is 43.7 Å². The molecule has 3 aromatic rings. The summed E-state index contributed by atoms with van der Waals surface area (Å²) in [7, 11) is 0. The van der Waals surface area contributed by atoms with Gasteiger partial charge in [0.05, 0.1) is 10.2 Å². The number of carbonyl (C=O) groups excluding carboxylic acids is 2. The predicted molar refractivity (Wildman–Crippen MR) is 102 cm³/mol. The van der Waals surface area contributed by atoms with Crippen LogP contribution in [0.5, 0.6) is 0 Å². The summed E-state index contributed by atoms with van der Waals surface area (Å²) >= 11 is 1.40. The molecule has 0 saturated carbocycles. The van der Waals surface area contributed by atoms with Gasteiger partial charge in [0.25, 0.3) is 11.8 Å². The molecular formula is C18H19N5O2S. The molecule has 26 heavy (non-hydrogen) atoms. The fraction of sp³-hybridized carbons (Fsp3) is 0.222. The fourth-order valence-electron chi connectivity index (χ4n) is 2.39. The Balaban J connectivity index is 1.68. The number of carbonyl (C=O) groups is 2. The molecule has 3 rings (SSSR count). The molecule has 0 fully saturated rings. The maximum atomic E-state index is 12.3. The number of anilines is 1. The van der Waals surface area contributed by atoms with E-state index in [9.17, 15) is 9.59 Å². The summed E-state index contributed by atoms with van der Waals surface area (Å²) in [6, 6.07) is 10.5. The van der Waals surface area contributed by atoms with Gasteiger partial charge in [0.1, 0.15) is 11.4 Å². The molecule has 0 saturated heterocycles. The second-order valence-electron chi connectivity index (χ2n) is 6.07. The van der Waals surface area contributed by atoms with Gasteiger partial charge in [-0.25, -0.2) is 9.97 Å². The maximum Gasteiger partial charge on any atom is 0.270 e. The van der Waals surface area contributed by atoms with Crippen LogP contribution in [0.1, 0.15) is 40.4 Å². The summed E-state index contributed by atoms with van der Waals surface area (Å²) in [6.07, 6.45) is 0. The van der Waals surface area contributed by atoms with E-state index in [0.717, 1.165) is 15.8 Å². The van der Waals surface area contributed by atoms with E-state index >= 15 is 0 Å². The minimum Gasteiger partial charge on any atom is -0.375 e. The van der Waals surface area contributed by atoms with E-state index in [1.54, 1.807) is 18.2 Å². The third-order valence-corrected chi connectivity index (χ3v) is 4.40. The van der Waals surface area contributed by atoms with Crippen LogP contribution < -0.4 is 16.4 Å². The zero-order valence-corrected chi connectivity index (χ0v) is 15.3. The van der Waals surface area contributed by atoms with Crippen molar-refractivity contribution in [2.24, 2.45) is 0 Å². The average molecular weight is 369 g/mol. The standard InChI is InChI=1S/C18H19N5O2S/c1-10(2)21-17(25)14-5-3-4-13(22-14)16(24)20-9-11-6-7-12-15(8-11)26-18(19)23-12/h3-8,10H,9H2,1-2H3,(H2,19,23)(H,20,24)(H,21,25). The minimum absolute atomic E-state index is 0.00234. The maximum absolute atomic E-state index is 12.3. The van der Waals surface area contributed by atoms with E-state index in [-0.39, 0.29) is 29.2 Å². The topological polar surface area (TPSA) is 110 Å². The molecule has 2 aromatic heterocycles. The SMILES string of the molecule is CC(C)NC(=O)c1cccc(C(=O)NCc2ccc3nc(N)sc3c2)n1. The normalized spacial score (nSPS) is 10.9. The molecule has 2 heterocycles. The summed E-state index contributed by atoms with van der Waals surface area (Å²) in [4.78, 5) is 32.7. The molecule has 134 valence electrons. The molecule has 7 nitrogen and oxygen atoms in total. The number of hydrogen-bond donors (Lipinski definition) is 3. The molecule has 0 radical (unpaired) electrons. The van der Waals surface area contributed by atoms with Crippen LogP contribution in [0.15, 0.2) is 36.4 Å². The van der Waals surface area contributed by atoms with Gasteiger partial charge < -0.3 is 16.4 Å². The van der Waals surface area contributed by atoms with E-state index in [2.05, 4.69) is 20.6 Å². The van der Waals surface area contributed by atoms with Crippen LogP contribution in [-0.2, 0) is 6.54 Å². The number of amides is 2. The Hall–Kier alpha value is -3.00. The first kappa shape index (κ1) is 17.8. The number of rotatable bonds is 5. The lowest BCUT2D eigenvalue weighted by molar-refractivity contribution is 0.0936. The number of thiazole rings is 1. The number of nitrogens with one attached hydrogen (secondary N) is 2. The molecule has 0 aliphatic carbocycles. The second-order valence-corrected chi connectivity index (χ2v) is 7.14. The van der Waals surface area contributed by atoms with Crippen molar-refractivity contribution in [2.75, 3.05) is 5.73 Å². The van der Waals surface area contributed by atoms with Gasteiger partial charge in [-0.15, -0.1) is 0 Å². The Bertz CT molecular complexity index is 967. The van der Waals surface area contributed by atoms with Crippen LogP contribution in [-0.4, -0.2) is 27.8 Å². The van der Waals surface area contributed by atoms with Crippen molar-refractivity contribution < 1.29 is 9.59 Å². The van der Waals surface area contributed by atoms with Crippen molar-refractivity contribution in [1.82, 2.24) is 20.6 Å². The smallest absolute Gasteiger partial charge is 0.270 e. The van der Waals surface area contributed by atoms with Gasteiger partial charge in [0, 0.05) is 12.6 Å². The Morgan fingerprint density at radius 1 is 1.12 bits per heavy atom. The van der Waals surface area contributed by atoms with Crippen LogP contribution in [0.25, 0.3) is 10.2 Å². The lowest BCUT2D eigenvalue weighted by Gasteiger charge is -2.09. The number of nitrogens with zero attached hydrogens (tertiary/aromatic N) is 2. The van der Waals surface area contributed by atoms with Gasteiger partial charge >= 0.3 is 0 Å². The lowest BCUT2D eigenvalue weighted by atomic mass is 10.2. The van der Waals surface area contributed by atoms with Gasteiger partial charge in [-0.2, -0.15) is 0 Å². The second kappa shape index (κ2) is 7.49. The highest BCUT2D eigenvalue weighted by Gasteiger charge is 2.13. The van der Waals surface area contributed by atoms with E-state index in [1.807, 2.05) is 32.0 Å². The van der Waals surface area contributed by atoms with Crippen molar-refractivity contribution in [3.63, 3.8) is 0 Å². The number of nitrogen functional groups attached to an aromatic ring is 1. The van der Waals surface area contributed by atoms with Crippen molar-refractivity contribution >= 4 is 38.5 Å². The van der Waals surface area contributed by atoms with Crippen molar-refractivity contribution in [2.45, 2.75) is 26.4 Å². The monoisotopic (exact) mass is 369 g/mol. The number of fused-ring (bicyclic) bond motifs is 1. The van der Waals surface area contributed by atoms with E-state index in [1.165, 1.54) is 11.3 Å². The van der Waals surface area contributed by atoms with E-state index < -0.39 is 0 Å². The first-order valence-electron chi connectivity index (χ1n) is 8.13. The van der Waals surface area contributed by atoms with E-state index in [0.29, 0.717) is 11.7 Å². The van der Waals surface area contributed by atoms with Crippen LogP contribution in [0.3, 0.4) is 0 Å². The highest BCUT2D eigenvalue weighted by molar-refractivity contribution is 7.22. The number of aromatic nitrogens is 2. The van der Waals surface area contributed by atoms with Gasteiger partial charge in [-0.1, -0.05) is 23.5 Å². The van der Waals surface area contributed by atoms with Crippen LogP contribution in [0.4, 0.5) is 5.13 Å². The minimum atomic E-state index is -0.340. The average Bonchev–Trinajstić information content (AvgIpc) is 2.98. The summed E-state index contributed by atoms with van der Waals surface area (Å²) < 4.78 is 0.972. The fourth-order valence-corrected chi connectivity index (χ4v) is 3.19. The molecule has 0 unspecified atom stereocenters.